The van der Waals surface area contributed by atoms with Crippen molar-refractivity contribution < 1.29 is 9.53 Å². The first kappa shape index (κ1) is 20.7. The number of carbonyl (C=O) groups excluding carboxylic acids is 1. The fourth-order valence-electron chi connectivity index (χ4n) is 2.69. The van der Waals surface area contributed by atoms with Crippen molar-refractivity contribution in [3.63, 3.8) is 0 Å². The van der Waals surface area contributed by atoms with Crippen LogP contribution < -0.4 is 15.6 Å². The number of aryl methyl sites for hydroxylation is 1. The second-order valence-corrected chi connectivity index (χ2v) is 7.59. The third-order valence-corrected chi connectivity index (χ3v) is 5.18. The van der Waals surface area contributed by atoms with Crippen LogP contribution in [0.5, 0.6) is 5.75 Å². The summed E-state index contributed by atoms with van der Waals surface area (Å²) in [6.07, 6.45) is 0.0476. The highest BCUT2D eigenvalue weighted by Crippen LogP contribution is 2.19. The maximum Gasteiger partial charge on any atom is 0.251 e. The van der Waals surface area contributed by atoms with Crippen LogP contribution in [0.2, 0.25) is 0 Å². The van der Waals surface area contributed by atoms with Gasteiger partial charge in [-0.2, -0.15) is 0 Å². The standard InChI is InChI=1S/C22H23N3O3S/c1-15-6-8-16(9-7-15)14-29-22-24-18(12-21(27)25-22)11-20(26)23-13-17-4-3-5-19(10-17)28-2/h3-10,12H,11,13-14H2,1-2H3,(H,23,26)(H,24,25,27). The number of thioether (sulfide) groups is 1. The molecule has 0 saturated carbocycles. The number of rotatable bonds is 8. The Morgan fingerprint density at radius 3 is 2.69 bits per heavy atom. The molecule has 0 aliphatic rings. The molecule has 0 saturated heterocycles. The fourth-order valence-corrected chi connectivity index (χ4v) is 3.54. The van der Waals surface area contributed by atoms with E-state index in [1.54, 1.807) is 7.11 Å². The van der Waals surface area contributed by atoms with Crippen molar-refractivity contribution in [3.05, 3.63) is 87.3 Å². The van der Waals surface area contributed by atoms with Crippen molar-refractivity contribution in [2.24, 2.45) is 0 Å². The van der Waals surface area contributed by atoms with Crippen molar-refractivity contribution in [1.29, 1.82) is 0 Å². The molecule has 0 aliphatic heterocycles. The quantitative estimate of drug-likeness (QED) is 0.441. The summed E-state index contributed by atoms with van der Waals surface area (Å²) in [5.74, 6) is 1.23. The molecule has 1 aromatic heterocycles. The molecule has 0 atom stereocenters. The number of H-pyrrole nitrogens is 1. The zero-order valence-corrected chi connectivity index (χ0v) is 17.2. The summed E-state index contributed by atoms with van der Waals surface area (Å²) in [5, 5.41) is 3.36. The molecule has 1 amide bonds. The topological polar surface area (TPSA) is 84.1 Å². The predicted octanol–water partition coefficient (Wildman–Crippen LogP) is 3.24. The van der Waals surface area contributed by atoms with Crippen LogP contribution in [-0.4, -0.2) is 23.0 Å². The van der Waals surface area contributed by atoms with E-state index >= 15 is 0 Å². The monoisotopic (exact) mass is 409 g/mol. The summed E-state index contributed by atoms with van der Waals surface area (Å²) < 4.78 is 5.18. The Hall–Kier alpha value is -3.06. The molecule has 0 unspecified atom stereocenters. The second kappa shape index (κ2) is 9.93. The lowest BCUT2D eigenvalue weighted by atomic mass is 10.2. The first-order valence-corrected chi connectivity index (χ1v) is 10.2. The van der Waals surface area contributed by atoms with E-state index in [1.165, 1.54) is 23.4 Å². The van der Waals surface area contributed by atoms with E-state index < -0.39 is 0 Å². The van der Waals surface area contributed by atoms with Crippen molar-refractivity contribution >= 4 is 17.7 Å². The van der Waals surface area contributed by atoms with Crippen molar-refractivity contribution in [3.8, 4) is 5.75 Å². The number of hydrogen-bond acceptors (Lipinski definition) is 5. The van der Waals surface area contributed by atoms with Gasteiger partial charge in [-0.1, -0.05) is 53.7 Å². The third-order valence-electron chi connectivity index (χ3n) is 4.23. The van der Waals surface area contributed by atoms with E-state index in [9.17, 15) is 9.59 Å². The lowest BCUT2D eigenvalue weighted by Gasteiger charge is -2.08. The largest absolute Gasteiger partial charge is 0.497 e. The second-order valence-electron chi connectivity index (χ2n) is 6.62. The Morgan fingerprint density at radius 1 is 1.14 bits per heavy atom. The van der Waals surface area contributed by atoms with Crippen LogP contribution in [-0.2, 0) is 23.5 Å². The van der Waals surface area contributed by atoms with E-state index in [0.717, 1.165) is 16.9 Å². The molecule has 0 bridgehead atoms. The average molecular weight is 410 g/mol. The number of benzene rings is 2. The highest BCUT2D eigenvalue weighted by Gasteiger charge is 2.08. The highest BCUT2D eigenvalue weighted by molar-refractivity contribution is 7.98. The summed E-state index contributed by atoms with van der Waals surface area (Å²) in [6.45, 7) is 2.42. The van der Waals surface area contributed by atoms with Crippen LogP contribution in [0.1, 0.15) is 22.4 Å². The van der Waals surface area contributed by atoms with E-state index in [4.69, 9.17) is 4.74 Å². The van der Waals surface area contributed by atoms with Gasteiger partial charge in [0.05, 0.1) is 19.2 Å². The SMILES string of the molecule is COc1cccc(CNC(=O)Cc2cc(=O)[nH]c(SCc3ccc(C)cc3)n2)c1. The Labute approximate surface area is 173 Å². The van der Waals surface area contributed by atoms with E-state index in [1.807, 2.05) is 31.2 Å². The van der Waals surface area contributed by atoms with Gasteiger partial charge in [-0.3, -0.25) is 9.59 Å². The molecule has 2 N–H and O–H groups in total. The number of methoxy groups -OCH3 is 1. The van der Waals surface area contributed by atoms with E-state index in [2.05, 4.69) is 39.6 Å². The normalized spacial score (nSPS) is 10.6. The van der Waals surface area contributed by atoms with Gasteiger partial charge in [0.2, 0.25) is 5.91 Å². The van der Waals surface area contributed by atoms with Gasteiger partial charge in [0.15, 0.2) is 5.16 Å². The number of nitrogens with zero attached hydrogens (tertiary/aromatic N) is 1. The smallest absolute Gasteiger partial charge is 0.251 e. The molecule has 29 heavy (non-hydrogen) atoms. The van der Waals surface area contributed by atoms with Gasteiger partial charge < -0.3 is 15.0 Å². The van der Waals surface area contributed by atoms with Crippen LogP contribution in [0.3, 0.4) is 0 Å². The zero-order valence-electron chi connectivity index (χ0n) is 16.4. The Morgan fingerprint density at radius 2 is 1.93 bits per heavy atom. The highest BCUT2D eigenvalue weighted by atomic mass is 32.2. The molecule has 2 aromatic carbocycles. The van der Waals surface area contributed by atoms with Crippen LogP contribution in [0.4, 0.5) is 0 Å². The Balaban J connectivity index is 1.57. The lowest BCUT2D eigenvalue weighted by Crippen LogP contribution is -2.25. The molecular formula is C22H23N3O3S. The first-order chi connectivity index (χ1) is 14.0. The number of nitrogens with one attached hydrogen (secondary N) is 2. The number of aromatic nitrogens is 2. The van der Waals surface area contributed by atoms with Crippen LogP contribution in [0.15, 0.2) is 64.5 Å². The minimum Gasteiger partial charge on any atom is -0.497 e. The molecule has 6 nitrogen and oxygen atoms in total. The Bertz CT molecular complexity index is 1030. The van der Waals surface area contributed by atoms with Crippen LogP contribution >= 0.6 is 11.8 Å². The Kier molecular flexibility index (Phi) is 7.08. The number of aromatic amines is 1. The van der Waals surface area contributed by atoms with Crippen molar-refractivity contribution in [2.45, 2.75) is 30.8 Å². The summed E-state index contributed by atoms with van der Waals surface area (Å²) in [6, 6.07) is 17.1. The van der Waals surface area contributed by atoms with Crippen molar-refractivity contribution in [1.82, 2.24) is 15.3 Å². The molecule has 0 aliphatic carbocycles. The molecular weight excluding hydrogens is 386 g/mol. The summed E-state index contributed by atoms with van der Waals surface area (Å²) in [4.78, 5) is 31.4. The molecule has 0 spiro atoms. The summed E-state index contributed by atoms with van der Waals surface area (Å²) in [7, 11) is 1.60. The summed E-state index contributed by atoms with van der Waals surface area (Å²) >= 11 is 1.44. The number of hydrogen-bond donors (Lipinski definition) is 2. The van der Waals surface area contributed by atoms with Gasteiger partial charge in [-0.25, -0.2) is 4.98 Å². The zero-order chi connectivity index (χ0) is 20.6. The van der Waals surface area contributed by atoms with Gasteiger partial charge in [-0.15, -0.1) is 0 Å². The van der Waals surface area contributed by atoms with E-state index in [0.29, 0.717) is 23.1 Å². The lowest BCUT2D eigenvalue weighted by molar-refractivity contribution is -0.120. The maximum atomic E-state index is 12.3. The van der Waals surface area contributed by atoms with Gasteiger partial charge in [-0.05, 0) is 30.2 Å². The molecule has 150 valence electrons. The van der Waals surface area contributed by atoms with Gasteiger partial charge in [0.1, 0.15) is 5.75 Å². The molecule has 0 radical (unpaired) electrons. The van der Waals surface area contributed by atoms with Gasteiger partial charge in [0.25, 0.3) is 5.56 Å². The predicted molar refractivity (Wildman–Crippen MR) is 114 cm³/mol. The minimum absolute atomic E-state index is 0.0476. The average Bonchev–Trinajstić information content (AvgIpc) is 2.71. The molecule has 0 fully saturated rings. The first-order valence-electron chi connectivity index (χ1n) is 9.20. The van der Waals surface area contributed by atoms with Gasteiger partial charge >= 0.3 is 0 Å². The van der Waals surface area contributed by atoms with Crippen LogP contribution in [0.25, 0.3) is 0 Å². The number of carbonyl (C=O) groups is 1. The number of ether oxygens (including phenoxy) is 1. The summed E-state index contributed by atoms with van der Waals surface area (Å²) in [5.41, 5.74) is 3.47. The minimum atomic E-state index is -0.262. The maximum absolute atomic E-state index is 12.3. The molecule has 3 rings (SSSR count). The molecule has 7 heteroatoms. The van der Waals surface area contributed by atoms with Gasteiger partial charge in [0, 0.05) is 18.4 Å². The molecule has 3 aromatic rings. The third kappa shape index (κ3) is 6.50. The fraction of sp³-hybridized carbons (Fsp3) is 0.227. The molecule has 1 heterocycles. The van der Waals surface area contributed by atoms with E-state index in [-0.39, 0.29) is 17.9 Å². The van der Waals surface area contributed by atoms with Crippen LogP contribution in [0, 0.1) is 6.92 Å². The van der Waals surface area contributed by atoms with Crippen molar-refractivity contribution in [2.75, 3.05) is 7.11 Å². The number of amides is 1.